The number of carbonyl (C=O) groups is 2. The predicted molar refractivity (Wildman–Crippen MR) is 121 cm³/mol. The first-order chi connectivity index (χ1) is 14.9. The number of aryl methyl sites for hydroxylation is 1. The molecule has 8 heteroatoms. The number of ether oxygens (including phenoxy) is 3. The largest absolute Gasteiger partial charge is 0.490 e. The lowest BCUT2D eigenvalue weighted by molar-refractivity contribution is -0.145. The number of hydrogen-bond donors (Lipinski definition) is 1. The van der Waals surface area contributed by atoms with Crippen molar-refractivity contribution in [2.45, 2.75) is 20.8 Å². The number of nitrogens with zero attached hydrogens (tertiary/aromatic N) is 1. The Morgan fingerprint density at radius 1 is 1.13 bits per heavy atom. The minimum atomic E-state index is -0.527. The molecule has 0 aliphatic carbocycles. The topological polar surface area (TPSA) is 97.7 Å². The number of anilines is 1. The summed E-state index contributed by atoms with van der Waals surface area (Å²) in [6.45, 7) is 5.79. The summed E-state index contributed by atoms with van der Waals surface area (Å²) < 4.78 is 16.5. The lowest BCUT2D eigenvalue weighted by atomic mass is 10.1. The van der Waals surface area contributed by atoms with Crippen molar-refractivity contribution in [3.63, 3.8) is 0 Å². The summed E-state index contributed by atoms with van der Waals surface area (Å²) in [5.74, 6) is -0.315. The van der Waals surface area contributed by atoms with Crippen molar-refractivity contribution in [1.82, 2.24) is 0 Å². The van der Waals surface area contributed by atoms with Crippen LogP contribution in [0, 0.1) is 18.3 Å². The van der Waals surface area contributed by atoms with Gasteiger partial charge in [-0.3, -0.25) is 4.79 Å². The van der Waals surface area contributed by atoms with Gasteiger partial charge in [-0.1, -0.05) is 28.1 Å². The van der Waals surface area contributed by atoms with Gasteiger partial charge in [0.2, 0.25) is 0 Å². The number of esters is 1. The third-order valence-corrected chi connectivity index (χ3v) is 4.64. The second kappa shape index (κ2) is 11.8. The second-order valence-corrected chi connectivity index (χ2v) is 7.19. The normalized spacial score (nSPS) is 10.7. The van der Waals surface area contributed by atoms with Crippen LogP contribution < -0.4 is 14.8 Å². The van der Waals surface area contributed by atoms with Gasteiger partial charge in [-0.2, -0.15) is 5.26 Å². The van der Waals surface area contributed by atoms with E-state index in [0.29, 0.717) is 33.8 Å². The molecule has 0 saturated heterocycles. The average molecular weight is 487 g/mol. The molecule has 0 bridgehead atoms. The molecule has 1 amide bonds. The number of benzene rings is 2. The monoisotopic (exact) mass is 486 g/mol. The molecule has 0 fully saturated rings. The summed E-state index contributed by atoms with van der Waals surface area (Å²) in [5.41, 5.74) is 2.05. The highest BCUT2D eigenvalue weighted by Gasteiger charge is 2.15. The van der Waals surface area contributed by atoms with Crippen molar-refractivity contribution in [2.24, 2.45) is 0 Å². The number of halogens is 1. The third-order valence-electron chi connectivity index (χ3n) is 3.95. The van der Waals surface area contributed by atoms with Crippen molar-refractivity contribution >= 4 is 39.6 Å². The van der Waals surface area contributed by atoms with Crippen LogP contribution in [0.2, 0.25) is 0 Å². The number of amides is 1. The summed E-state index contributed by atoms with van der Waals surface area (Å²) in [4.78, 5) is 24.1. The number of rotatable bonds is 9. The summed E-state index contributed by atoms with van der Waals surface area (Å²) in [5, 5.41) is 12.2. The molecule has 0 saturated carbocycles. The fraction of sp³-hybridized carbons (Fsp3) is 0.261. The Kier molecular flexibility index (Phi) is 9.10. The Bertz CT molecular complexity index is 1030. The van der Waals surface area contributed by atoms with Crippen LogP contribution in [0.3, 0.4) is 0 Å². The Morgan fingerprint density at radius 2 is 1.87 bits per heavy atom. The Balaban J connectivity index is 2.29. The zero-order chi connectivity index (χ0) is 22.8. The molecule has 0 aliphatic rings. The second-order valence-electron chi connectivity index (χ2n) is 6.34. The molecule has 0 aliphatic heterocycles. The molecule has 0 spiro atoms. The molecule has 0 atom stereocenters. The molecule has 1 N–H and O–H groups in total. The maximum absolute atomic E-state index is 12.6. The van der Waals surface area contributed by atoms with E-state index in [1.165, 1.54) is 6.08 Å². The fourth-order valence-electron chi connectivity index (χ4n) is 2.61. The van der Waals surface area contributed by atoms with Crippen molar-refractivity contribution in [2.75, 3.05) is 25.1 Å². The van der Waals surface area contributed by atoms with E-state index in [9.17, 15) is 14.9 Å². The minimum Gasteiger partial charge on any atom is -0.490 e. The third kappa shape index (κ3) is 7.15. The molecular weight excluding hydrogens is 464 g/mol. The Labute approximate surface area is 189 Å². The molecule has 2 aromatic rings. The highest BCUT2D eigenvalue weighted by Crippen LogP contribution is 2.35. The van der Waals surface area contributed by atoms with Gasteiger partial charge in [0.25, 0.3) is 5.91 Å². The van der Waals surface area contributed by atoms with Crippen molar-refractivity contribution in [1.29, 1.82) is 5.26 Å². The maximum Gasteiger partial charge on any atom is 0.344 e. The van der Waals surface area contributed by atoms with Crippen LogP contribution >= 0.6 is 15.9 Å². The molecule has 162 valence electrons. The van der Waals surface area contributed by atoms with Gasteiger partial charge in [0.15, 0.2) is 18.1 Å². The van der Waals surface area contributed by atoms with Crippen LogP contribution in [0.1, 0.15) is 25.0 Å². The molecule has 0 radical (unpaired) electrons. The summed E-state index contributed by atoms with van der Waals surface area (Å²) in [6, 6.07) is 12.5. The molecule has 2 rings (SSSR count). The fourth-order valence-corrected chi connectivity index (χ4v) is 3.04. The number of carbonyl (C=O) groups excluding carboxylic acids is 2. The molecule has 0 unspecified atom stereocenters. The van der Waals surface area contributed by atoms with Crippen LogP contribution in [0.15, 0.2) is 46.4 Å². The van der Waals surface area contributed by atoms with E-state index < -0.39 is 11.9 Å². The summed E-state index contributed by atoms with van der Waals surface area (Å²) in [7, 11) is 0. The first-order valence-electron chi connectivity index (χ1n) is 9.62. The number of nitrogens with one attached hydrogen (secondary N) is 1. The predicted octanol–water partition coefficient (Wildman–Crippen LogP) is 4.64. The Morgan fingerprint density at radius 3 is 2.52 bits per heavy atom. The molecule has 2 aromatic carbocycles. The van der Waals surface area contributed by atoms with Gasteiger partial charge in [-0.15, -0.1) is 0 Å². The van der Waals surface area contributed by atoms with Crippen LogP contribution in [-0.2, 0) is 14.3 Å². The van der Waals surface area contributed by atoms with E-state index in [1.54, 1.807) is 25.1 Å². The summed E-state index contributed by atoms with van der Waals surface area (Å²) in [6.07, 6.45) is 1.45. The van der Waals surface area contributed by atoms with Crippen LogP contribution in [-0.4, -0.2) is 31.7 Å². The summed E-state index contributed by atoms with van der Waals surface area (Å²) >= 11 is 3.42. The highest BCUT2D eigenvalue weighted by atomic mass is 79.9. The van der Waals surface area contributed by atoms with Gasteiger partial charge in [0, 0.05) is 10.2 Å². The van der Waals surface area contributed by atoms with E-state index in [-0.39, 0.29) is 18.8 Å². The minimum absolute atomic E-state index is 0.0788. The Hall–Kier alpha value is -3.31. The lowest BCUT2D eigenvalue weighted by Crippen LogP contribution is -2.15. The molecule has 0 heterocycles. The first-order valence-corrected chi connectivity index (χ1v) is 10.4. The van der Waals surface area contributed by atoms with Crippen LogP contribution in [0.25, 0.3) is 6.08 Å². The first kappa shape index (κ1) is 24.0. The van der Waals surface area contributed by atoms with Gasteiger partial charge >= 0.3 is 5.97 Å². The van der Waals surface area contributed by atoms with Gasteiger partial charge in [0.1, 0.15) is 11.6 Å². The molecule has 0 aromatic heterocycles. The average Bonchev–Trinajstić information content (AvgIpc) is 2.73. The standard InChI is InChI=1S/C23H23BrN2O5/c1-4-29-20-11-16(19(24)12-21(20)31-14-22(27)30-5-2)10-17(13-25)23(28)26-18-8-6-7-15(3)9-18/h6-12H,4-5,14H2,1-3H3,(H,26,28)/b17-10+. The van der Waals surface area contributed by atoms with Gasteiger partial charge < -0.3 is 19.5 Å². The zero-order valence-corrected chi connectivity index (χ0v) is 19.1. The molecular formula is C23H23BrN2O5. The van der Waals surface area contributed by atoms with Crippen molar-refractivity contribution < 1.29 is 23.8 Å². The molecule has 7 nitrogen and oxygen atoms in total. The van der Waals surface area contributed by atoms with Crippen LogP contribution in [0.5, 0.6) is 11.5 Å². The highest BCUT2D eigenvalue weighted by molar-refractivity contribution is 9.10. The number of hydrogen-bond acceptors (Lipinski definition) is 6. The SMILES string of the molecule is CCOC(=O)COc1cc(Br)c(/C=C(\C#N)C(=O)Nc2cccc(C)c2)cc1OCC. The van der Waals surface area contributed by atoms with Gasteiger partial charge in [-0.25, -0.2) is 4.79 Å². The number of nitriles is 1. The zero-order valence-electron chi connectivity index (χ0n) is 17.5. The smallest absolute Gasteiger partial charge is 0.344 e. The van der Waals surface area contributed by atoms with E-state index >= 15 is 0 Å². The lowest BCUT2D eigenvalue weighted by Gasteiger charge is -2.14. The van der Waals surface area contributed by atoms with E-state index in [0.717, 1.165) is 5.56 Å². The maximum atomic E-state index is 12.6. The quantitative estimate of drug-likeness (QED) is 0.314. The van der Waals surface area contributed by atoms with E-state index in [2.05, 4.69) is 21.2 Å². The van der Waals surface area contributed by atoms with Crippen molar-refractivity contribution in [3.8, 4) is 17.6 Å². The molecule has 31 heavy (non-hydrogen) atoms. The van der Waals surface area contributed by atoms with Gasteiger partial charge in [0.05, 0.1) is 13.2 Å². The van der Waals surface area contributed by atoms with Crippen molar-refractivity contribution in [3.05, 3.63) is 57.6 Å². The van der Waals surface area contributed by atoms with Gasteiger partial charge in [-0.05, 0) is 62.2 Å². The van der Waals surface area contributed by atoms with E-state index in [4.69, 9.17) is 14.2 Å². The van der Waals surface area contributed by atoms with E-state index in [1.807, 2.05) is 38.1 Å². The van der Waals surface area contributed by atoms with Crippen LogP contribution in [0.4, 0.5) is 5.69 Å².